The third-order valence-corrected chi connectivity index (χ3v) is 2.44. The van der Waals surface area contributed by atoms with Crippen LogP contribution in [0.1, 0.15) is 5.56 Å². The number of halogens is 1. The first kappa shape index (κ1) is 11.3. The molecule has 1 aromatic carbocycles. The van der Waals surface area contributed by atoms with Gasteiger partial charge in [0.1, 0.15) is 0 Å². The molecular formula is C8H8ClO4P. The van der Waals surface area contributed by atoms with Crippen molar-refractivity contribution >= 4 is 25.3 Å². The van der Waals surface area contributed by atoms with E-state index in [4.69, 9.17) is 26.5 Å². The minimum atomic E-state index is -4.55. The number of benzene rings is 1. The van der Waals surface area contributed by atoms with Crippen LogP contribution in [0.4, 0.5) is 0 Å². The van der Waals surface area contributed by atoms with Gasteiger partial charge in [-0.1, -0.05) is 23.7 Å². The van der Waals surface area contributed by atoms with Crippen molar-refractivity contribution in [3.8, 4) is 0 Å². The molecule has 0 aliphatic carbocycles. The van der Waals surface area contributed by atoms with Crippen molar-refractivity contribution in [1.29, 1.82) is 0 Å². The molecule has 6 heteroatoms. The third-order valence-electron chi connectivity index (χ3n) is 1.46. The maximum atomic E-state index is 10.6. The maximum absolute atomic E-state index is 10.6. The molecule has 0 amide bonds. The van der Waals surface area contributed by atoms with E-state index in [0.29, 0.717) is 10.6 Å². The highest BCUT2D eigenvalue weighted by Gasteiger charge is 2.19. The number of rotatable bonds is 2. The molecule has 76 valence electrons. The Bertz CT molecular complexity index is 392. The normalized spacial score (nSPS) is 12.9. The van der Waals surface area contributed by atoms with Crippen LogP contribution in [-0.2, 0) is 4.57 Å². The van der Waals surface area contributed by atoms with Gasteiger partial charge in [0.15, 0.2) is 0 Å². The van der Waals surface area contributed by atoms with Gasteiger partial charge in [0.05, 0.1) is 0 Å². The fourth-order valence-electron chi connectivity index (χ4n) is 0.792. The molecule has 1 aromatic rings. The van der Waals surface area contributed by atoms with Crippen molar-refractivity contribution in [3.05, 3.63) is 40.4 Å². The van der Waals surface area contributed by atoms with Gasteiger partial charge in [-0.3, -0.25) is 4.57 Å². The molecule has 0 bridgehead atoms. The van der Waals surface area contributed by atoms with E-state index >= 15 is 0 Å². The summed E-state index contributed by atoms with van der Waals surface area (Å²) in [4.78, 5) is 17.1. The molecule has 0 aliphatic heterocycles. The zero-order chi connectivity index (χ0) is 10.8. The summed E-state index contributed by atoms with van der Waals surface area (Å²) in [7, 11) is -4.55. The van der Waals surface area contributed by atoms with Crippen molar-refractivity contribution in [2.24, 2.45) is 0 Å². The summed E-state index contributed by atoms with van der Waals surface area (Å²) in [5.74, 6) is 0. The minimum absolute atomic E-state index is 0.468. The number of aliphatic hydroxyl groups is 1. The molecule has 14 heavy (non-hydrogen) atoms. The highest BCUT2D eigenvalue weighted by atomic mass is 35.5. The highest BCUT2D eigenvalue weighted by molar-refractivity contribution is 7.56. The van der Waals surface area contributed by atoms with Gasteiger partial charge in [0.25, 0.3) is 0 Å². The van der Waals surface area contributed by atoms with Gasteiger partial charge in [0.2, 0.25) is 5.50 Å². The highest BCUT2D eigenvalue weighted by Crippen LogP contribution is 2.43. The molecule has 1 rings (SSSR count). The summed E-state index contributed by atoms with van der Waals surface area (Å²) in [6.07, 6.45) is 0.997. The van der Waals surface area contributed by atoms with Gasteiger partial charge >= 0.3 is 7.60 Å². The SMILES string of the molecule is O=P(O)(O)/C(O)=C/c1ccc(Cl)cc1. The van der Waals surface area contributed by atoms with Crippen LogP contribution in [-0.4, -0.2) is 14.9 Å². The van der Waals surface area contributed by atoms with Gasteiger partial charge < -0.3 is 14.9 Å². The van der Waals surface area contributed by atoms with E-state index < -0.39 is 13.1 Å². The summed E-state index contributed by atoms with van der Waals surface area (Å²) in [5.41, 5.74) is -0.491. The van der Waals surface area contributed by atoms with Crippen LogP contribution in [0.5, 0.6) is 0 Å². The first-order valence-electron chi connectivity index (χ1n) is 3.62. The van der Waals surface area contributed by atoms with Gasteiger partial charge in [-0.15, -0.1) is 0 Å². The van der Waals surface area contributed by atoms with E-state index in [1.54, 1.807) is 12.1 Å². The molecule has 0 spiro atoms. The Hall–Kier alpha value is -0.800. The van der Waals surface area contributed by atoms with E-state index in [1.165, 1.54) is 12.1 Å². The standard InChI is InChI=1S/C8H8ClO4P/c9-7-3-1-6(2-4-7)5-8(10)14(11,12)13/h1-5,10H,(H2,11,12,13)/b8-5+. The Morgan fingerprint density at radius 1 is 1.29 bits per heavy atom. The molecule has 0 aromatic heterocycles. The van der Waals surface area contributed by atoms with Crippen LogP contribution in [0.25, 0.3) is 6.08 Å². The average molecular weight is 235 g/mol. The number of aliphatic hydroxyl groups excluding tert-OH is 1. The van der Waals surface area contributed by atoms with Gasteiger partial charge in [-0.25, -0.2) is 0 Å². The lowest BCUT2D eigenvalue weighted by Crippen LogP contribution is -1.83. The largest absolute Gasteiger partial charge is 0.501 e. The molecular weight excluding hydrogens is 227 g/mol. The Balaban J connectivity index is 2.98. The third kappa shape index (κ3) is 3.16. The van der Waals surface area contributed by atoms with Crippen molar-refractivity contribution < 1.29 is 19.5 Å². The summed E-state index contributed by atoms with van der Waals surface area (Å²) in [6, 6.07) is 6.18. The van der Waals surface area contributed by atoms with Gasteiger partial charge in [0, 0.05) is 5.02 Å². The predicted molar refractivity (Wildman–Crippen MR) is 54.1 cm³/mol. The fourth-order valence-corrected chi connectivity index (χ4v) is 1.24. The fraction of sp³-hybridized carbons (Fsp3) is 0. The summed E-state index contributed by atoms with van der Waals surface area (Å²) in [6.45, 7) is 0. The van der Waals surface area contributed by atoms with Crippen LogP contribution < -0.4 is 0 Å². The second kappa shape index (κ2) is 4.15. The van der Waals surface area contributed by atoms with Crippen LogP contribution >= 0.6 is 19.2 Å². The van der Waals surface area contributed by atoms with Crippen LogP contribution in [0, 0.1) is 0 Å². The lowest BCUT2D eigenvalue weighted by molar-refractivity contribution is 0.339. The van der Waals surface area contributed by atoms with Gasteiger partial charge in [-0.05, 0) is 23.8 Å². The maximum Gasteiger partial charge on any atom is 0.390 e. The first-order valence-corrected chi connectivity index (χ1v) is 5.61. The molecule has 0 aliphatic rings. The Morgan fingerprint density at radius 3 is 2.21 bits per heavy atom. The van der Waals surface area contributed by atoms with E-state index in [9.17, 15) is 4.57 Å². The van der Waals surface area contributed by atoms with E-state index in [1.807, 2.05) is 0 Å². The summed E-state index contributed by atoms with van der Waals surface area (Å²) in [5, 5.41) is 9.49. The summed E-state index contributed by atoms with van der Waals surface area (Å²) >= 11 is 5.60. The van der Waals surface area contributed by atoms with Crippen molar-refractivity contribution in [1.82, 2.24) is 0 Å². The van der Waals surface area contributed by atoms with E-state index in [0.717, 1.165) is 6.08 Å². The molecule has 0 heterocycles. The molecule has 0 saturated heterocycles. The molecule has 4 nitrogen and oxygen atoms in total. The molecule has 0 saturated carbocycles. The lowest BCUT2D eigenvalue weighted by Gasteiger charge is -2.01. The second-order valence-corrected chi connectivity index (χ2v) is 4.58. The zero-order valence-corrected chi connectivity index (χ0v) is 8.61. The molecule has 0 radical (unpaired) electrons. The minimum Gasteiger partial charge on any atom is -0.501 e. The van der Waals surface area contributed by atoms with Gasteiger partial charge in [-0.2, -0.15) is 0 Å². The zero-order valence-electron chi connectivity index (χ0n) is 6.96. The second-order valence-electron chi connectivity index (χ2n) is 2.60. The Kier molecular flexibility index (Phi) is 3.34. The molecule has 3 N–H and O–H groups in total. The van der Waals surface area contributed by atoms with Crippen molar-refractivity contribution in [2.45, 2.75) is 0 Å². The quantitative estimate of drug-likeness (QED) is 0.542. The number of hydrogen-bond donors (Lipinski definition) is 3. The number of hydrogen-bond acceptors (Lipinski definition) is 2. The first-order chi connectivity index (χ1) is 6.39. The van der Waals surface area contributed by atoms with E-state index in [2.05, 4.69) is 0 Å². The van der Waals surface area contributed by atoms with Crippen LogP contribution in [0.3, 0.4) is 0 Å². The lowest BCUT2D eigenvalue weighted by atomic mass is 10.2. The van der Waals surface area contributed by atoms with Crippen LogP contribution in [0.15, 0.2) is 29.8 Å². The predicted octanol–water partition coefficient (Wildman–Crippen LogP) is 2.37. The van der Waals surface area contributed by atoms with Crippen LogP contribution in [0.2, 0.25) is 5.02 Å². The van der Waals surface area contributed by atoms with Crippen molar-refractivity contribution in [2.75, 3.05) is 0 Å². The van der Waals surface area contributed by atoms with Crippen molar-refractivity contribution in [3.63, 3.8) is 0 Å². The monoisotopic (exact) mass is 234 g/mol. The topological polar surface area (TPSA) is 77.8 Å². The Labute approximate surface area is 85.6 Å². The average Bonchev–Trinajstić information content (AvgIpc) is 2.07. The molecule has 0 unspecified atom stereocenters. The molecule has 0 fully saturated rings. The summed E-state index contributed by atoms with van der Waals surface area (Å²) < 4.78 is 10.6. The molecule has 0 atom stereocenters. The smallest absolute Gasteiger partial charge is 0.390 e. The Morgan fingerprint density at radius 2 is 1.79 bits per heavy atom. The van der Waals surface area contributed by atoms with E-state index in [-0.39, 0.29) is 0 Å².